The predicted octanol–water partition coefficient (Wildman–Crippen LogP) is 1.01. The van der Waals surface area contributed by atoms with E-state index >= 15 is 0 Å². The molecular weight excluding hydrogens is 250 g/mol. The summed E-state index contributed by atoms with van der Waals surface area (Å²) in [5.74, 6) is -0.664. The molecule has 19 heavy (non-hydrogen) atoms. The van der Waals surface area contributed by atoms with Crippen LogP contribution in [0.3, 0.4) is 0 Å². The van der Waals surface area contributed by atoms with Crippen LogP contribution < -0.4 is 4.74 Å². The van der Waals surface area contributed by atoms with Crippen LogP contribution in [0.1, 0.15) is 10.4 Å². The van der Waals surface area contributed by atoms with E-state index in [9.17, 15) is 4.79 Å². The zero-order valence-electron chi connectivity index (χ0n) is 9.46. The second-order valence-corrected chi connectivity index (χ2v) is 3.60. The van der Waals surface area contributed by atoms with Crippen molar-refractivity contribution in [3.63, 3.8) is 0 Å². The maximum Gasteiger partial charge on any atom is 0.339 e. The van der Waals surface area contributed by atoms with Gasteiger partial charge in [-0.2, -0.15) is 0 Å². The number of rotatable bonds is 3. The van der Waals surface area contributed by atoms with E-state index in [1.807, 2.05) is 0 Å². The fraction of sp³-hybridized carbons (Fsp3) is 0. The van der Waals surface area contributed by atoms with Crippen LogP contribution in [0.5, 0.6) is 11.6 Å². The summed E-state index contributed by atoms with van der Waals surface area (Å²) in [6.45, 7) is 0. The molecular formula is C11H7N5O3. The van der Waals surface area contributed by atoms with E-state index in [-0.39, 0.29) is 17.2 Å². The molecule has 0 spiro atoms. The van der Waals surface area contributed by atoms with Crippen molar-refractivity contribution in [1.82, 2.24) is 25.3 Å². The van der Waals surface area contributed by atoms with Crippen LogP contribution >= 0.6 is 0 Å². The van der Waals surface area contributed by atoms with Gasteiger partial charge in [0.15, 0.2) is 5.65 Å². The van der Waals surface area contributed by atoms with Crippen molar-refractivity contribution in [3.8, 4) is 11.6 Å². The Morgan fingerprint density at radius 2 is 2.05 bits per heavy atom. The van der Waals surface area contributed by atoms with E-state index < -0.39 is 5.97 Å². The standard InChI is InChI=1S/C11H7N5O3/c17-11(18)7-3-1-2-4-8(7)19-10-6-5-9-12-14-15-16(9)13-10/h1-6H,(H,17,18). The van der Waals surface area contributed by atoms with Gasteiger partial charge >= 0.3 is 5.97 Å². The van der Waals surface area contributed by atoms with Gasteiger partial charge in [-0.1, -0.05) is 12.1 Å². The van der Waals surface area contributed by atoms with Gasteiger partial charge in [0.25, 0.3) is 0 Å². The summed E-state index contributed by atoms with van der Waals surface area (Å²) in [6, 6.07) is 9.48. The van der Waals surface area contributed by atoms with Crippen LogP contribution in [-0.2, 0) is 0 Å². The Bertz CT molecular complexity index is 755. The number of hydrogen-bond donors (Lipinski definition) is 1. The number of tetrazole rings is 1. The largest absolute Gasteiger partial charge is 0.478 e. The van der Waals surface area contributed by atoms with Crippen LogP contribution in [0, 0.1) is 0 Å². The summed E-state index contributed by atoms with van der Waals surface area (Å²) in [5, 5.41) is 23.8. The Morgan fingerprint density at radius 3 is 2.89 bits per heavy atom. The van der Waals surface area contributed by atoms with Crippen LogP contribution in [0.2, 0.25) is 0 Å². The minimum absolute atomic E-state index is 0.0566. The molecule has 1 aromatic carbocycles. The van der Waals surface area contributed by atoms with Gasteiger partial charge in [0, 0.05) is 6.07 Å². The highest BCUT2D eigenvalue weighted by Crippen LogP contribution is 2.23. The lowest BCUT2D eigenvalue weighted by atomic mass is 10.2. The fourth-order valence-electron chi connectivity index (χ4n) is 1.53. The molecule has 0 bridgehead atoms. The van der Waals surface area contributed by atoms with E-state index in [1.54, 1.807) is 30.3 Å². The van der Waals surface area contributed by atoms with Gasteiger partial charge in [0.1, 0.15) is 11.3 Å². The van der Waals surface area contributed by atoms with Gasteiger partial charge in [-0.15, -0.1) is 14.8 Å². The van der Waals surface area contributed by atoms with E-state index in [2.05, 4.69) is 20.6 Å². The Hall–Kier alpha value is -3.03. The number of aromatic nitrogens is 5. The number of hydrogen-bond acceptors (Lipinski definition) is 6. The van der Waals surface area contributed by atoms with Crippen molar-refractivity contribution in [1.29, 1.82) is 0 Å². The summed E-state index contributed by atoms with van der Waals surface area (Å²) in [6.07, 6.45) is 0. The Labute approximate surface area is 106 Å². The van der Waals surface area contributed by atoms with Crippen molar-refractivity contribution in [2.75, 3.05) is 0 Å². The molecule has 0 aliphatic rings. The smallest absolute Gasteiger partial charge is 0.339 e. The third kappa shape index (κ3) is 2.06. The van der Waals surface area contributed by atoms with Crippen molar-refractivity contribution < 1.29 is 14.6 Å². The van der Waals surface area contributed by atoms with Crippen LogP contribution in [0.15, 0.2) is 36.4 Å². The first-order chi connectivity index (χ1) is 9.24. The van der Waals surface area contributed by atoms with Crippen molar-refractivity contribution in [3.05, 3.63) is 42.0 Å². The number of aromatic carboxylic acids is 1. The van der Waals surface area contributed by atoms with E-state index in [1.165, 1.54) is 10.7 Å². The average molecular weight is 257 g/mol. The molecule has 1 N–H and O–H groups in total. The molecule has 8 heteroatoms. The molecule has 0 fully saturated rings. The predicted molar refractivity (Wildman–Crippen MR) is 62.1 cm³/mol. The molecule has 0 amide bonds. The molecule has 0 aliphatic carbocycles. The van der Waals surface area contributed by atoms with Crippen molar-refractivity contribution in [2.45, 2.75) is 0 Å². The summed E-state index contributed by atoms with van der Waals surface area (Å²) in [4.78, 5) is 11.0. The molecule has 2 heterocycles. The third-order valence-electron chi connectivity index (χ3n) is 2.38. The minimum atomic E-state index is -1.07. The fourth-order valence-corrected chi connectivity index (χ4v) is 1.53. The highest BCUT2D eigenvalue weighted by Gasteiger charge is 2.12. The second-order valence-electron chi connectivity index (χ2n) is 3.60. The quantitative estimate of drug-likeness (QED) is 0.746. The number of carbonyl (C=O) groups is 1. The molecule has 0 unspecified atom stereocenters. The lowest BCUT2D eigenvalue weighted by Crippen LogP contribution is -2.02. The topological polar surface area (TPSA) is 102 Å². The molecule has 0 saturated carbocycles. The third-order valence-corrected chi connectivity index (χ3v) is 2.38. The summed E-state index contributed by atoms with van der Waals surface area (Å²) >= 11 is 0. The van der Waals surface area contributed by atoms with E-state index in [0.29, 0.717) is 5.65 Å². The number of ether oxygens (including phenoxy) is 1. The molecule has 2 aromatic heterocycles. The molecule has 8 nitrogen and oxygen atoms in total. The molecule has 3 rings (SSSR count). The monoisotopic (exact) mass is 257 g/mol. The molecule has 94 valence electrons. The Morgan fingerprint density at radius 1 is 1.21 bits per heavy atom. The molecule has 3 aromatic rings. The summed E-state index contributed by atoms with van der Waals surface area (Å²) in [5.41, 5.74) is 0.528. The average Bonchev–Trinajstić information content (AvgIpc) is 2.86. The van der Waals surface area contributed by atoms with Gasteiger partial charge < -0.3 is 9.84 Å². The number of carboxylic acid groups (broad SMARTS) is 1. The summed E-state index contributed by atoms with van der Waals surface area (Å²) in [7, 11) is 0. The number of nitrogens with zero attached hydrogens (tertiary/aromatic N) is 5. The number of fused-ring (bicyclic) bond motifs is 1. The zero-order chi connectivity index (χ0) is 13.2. The number of carboxylic acids is 1. The van der Waals surface area contributed by atoms with Gasteiger partial charge in [0.2, 0.25) is 5.88 Å². The first-order valence-electron chi connectivity index (χ1n) is 5.29. The SMILES string of the molecule is O=C(O)c1ccccc1Oc1ccc2nnnn2n1. The van der Waals surface area contributed by atoms with Gasteiger partial charge in [-0.05, 0) is 28.6 Å². The Kier molecular flexibility index (Phi) is 2.53. The second kappa shape index (κ2) is 4.33. The first-order valence-corrected chi connectivity index (χ1v) is 5.29. The maximum absolute atomic E-state index is 11.0. The van der Waals surface area contributed by atoms with Crippen molar-refractivity contribution in [2.24, 2.45) is 0 Å². The van der Waals surface area contributed by atoms with E-state index in [4.69, 9.17) is 9.84 Å². The van der Waals surface area contributed by atoms with Crippen LogP contribution in [0.4, 0.5) is 0 Å². The highest BCUT2D eigenvalue weighted by atomic mass is 16.5. The zero-order valence-corrected chi connectivity index (χ0v) is 9.46. The number of para-hydroxylation sites is 1. The highest BCUT2D eigenvalue weighted by molar-refractivity contribution is 5.90. The normalized spacial score (nSPS) is 10.5. The number of benzene rings is 1. The van der Waals surface area contributed by atoms with Crippen LogP contribution in [-0.4, -0.2) is 36.3 Å². The van der Waals surface area contributed by atoms with Crippen LogP contribution in [0.25, 0.3) is 5.65 Å². The first kappa shape index (κ1) is 11.1. The summed E-state index contributed by atoms with van der Waals surface area (Å²) < 4.78 is 6.63. The van der Waals surface area contributed by atoms with Gasteiger partial charge in [0.05, 0.1) is 0 Å². The lowest BCUT2D eigenvalue weighted by molar-refractivity contribution is 0.0694. The molecule has 0 radical (unpaired) electrons. The minimum Gasteiger partial charge on any atom is -0.478 e. The van der Waals surface area contributed by atoms with Gasteiger partial charge in [-0.25, -0.2) is 4.79 Å². The Balaban J connectivity index is 1.98. The van der Waals surface area contributed by atoms with Crippen molar-refractivity contribution >= 4 is 11.6 Å². The maximum atomic E-state index is 11.0. The molecule has 0 saturated heterocycles. The van der Waals surface area contributed by atoms with Gasteiger partial charge in [-0.3, -0.25) is 0 Å². The van der Waals surface area contributed by atoms with E-state index in [0.717, 1.165) is 0 Å². The molecule has 0 aliphatic heterocycles. The lowest BCUT2D eigenvalue weighted by Gasteiger charge is -2.06. The molecule has 0 atom stereocenters.